The topological polar surface area (TPSA) is 95.3 Å². The van der Waals surface area contributed by atoms with Crippen molar-refractivity contribution in [1.82, 2.24) is 14.8 Å². The van der Waals surface area contributed by atoms with E-state index in [0.717, 1.165) is 5.82 Å². The highest BCUT2D eigenvalue weighted by Crippen LogP contribution is 2.28. The molecule has 0 spiro atoms. The van der Waals surface area contributed by atoms with E-state index in [1.54, 1.807) is 44.2 Å². The first kappa shape index (κ1) is 28.1. The molecule has 192 valence electrons. The molecule has 1 aromatic heterocycles. The lowest BCUT2D eigenvalue weighted by atomic mass is 10.2. The third-order valence-corrected chi connectivity index (χ3v) is 6.65. The van der Waals surface area contributed by atoms with E-state index >= 15 is 0 Å². The fourth-order valence-electron chi connectivity index (χ4n) is 3.04. The number of hydrogen-bond donors (Lipinski definition) is 1. The number of aryl methyl sites for hydroxylation is 1. The lowest BCUT2D eigenvalue weighted by molar-refractivity contribution is -0.113. The number of anilines is 1. The summed E-state index contributed by atoms with van der Waals surface area (Å²) < 4.78 is 12.7. The summed E-state index contributed by atoms with van der Waals surface area (Å²) in [5.41, 5.74) is 0.635. The number of carbonyl (C=O) groups excluding carboxylic acids is 2. The van der Waals surface area contributed by atoms with Crippen molar-refractivity contribution in [1.29, 1.82) is 0 Å². The van der Waals surface area contributed by atoms with Gasteiger partial charge in [-0.1, -0.05) is 46.6 Å². The molecule has 0 saturated carbocycles. The van der Waals surface area contributed by atoms with Crippen LogP contribution in [0.5, 0.6) is 5.75 Å². The number of esters is 1. The summed E-state index contributed by atoms with van der Waals surface area (Å²) in [7, 11) is 1.84. The predicted octanol–water partition coefficient (Wildman–Crippen LogP) is 6.08. The van der Waals surface area contributed by atoms with E-state index in [2.05, 4.69) is 15.5 Å². The standard InChI is InChI=1S/C24H25Cl3N4O4S/c1-14(2)35-23(33)15-6-8-17(26)19(11-15)28-22(32)13-36-24-30-29-21(31(24)3)5-4-10-34-20-9-7-16(25)12-18(20)27/h6-9,11-12,14H,4-5,10,13H2,1-3H3,(H,28,32). The SMILES string of the molecule is CC(C)OC(=O)c1ccc(Cl)c(NC(=O)CSc2nnc(CCCOc3ccc(Cl)cc3Cl)n2C)c1. The maximum Gasteiger partial charge on any atom is 0.338 e. The molecule has 8 nitrogen and oxygen atoms in total. The molecule has 36 heavy (non-hydrogen) atoms. The van der Waals surface area contributed by atoms with E-state index < -0.39 is 5.97 Å². The Labute approximate surface area is 228 Å². The highest BCUT2D eigenvalue weighted by Gasteiger charge is 2.15. The van der Waals surface area contributed by atoms with Crippen molar-refractivity contribution in [2.24, 2.45) is 7.05 Å². The van der Waals surface area contributed by atoms with Crippen LogP contribution in [0, 0.1) is 0 Å². The van der Waals surface area contributed by atoms with Gasteiger partial charge in [-0.05, 0) is 56.7 Å². The zero-order chi connectivity index (χ0) is 26.2. The quantitative estimate of drug-likeness (QED) is 0.169. The average molecular weight is 572 g/mol. The Morgan fingerprint density at radius 2 is 1.86 bits per heavy atom. The molecule has 1 N–H and O–H groups in total. The van der Waals surface area contributed by atoms with Crippen molar-refractivity contribution in [3.05, 3.63) is 62.9 Å². The Hall–Kier alpha value is -2.46. The molecule has 1 amide bonds. The molecule has 0 saturated heterocycles. The molecule has 3 rings (SSSR count). The second-order valence-electron chi connectivity index (χ2n) is 7.97. The van der Waals surface area contributed by atoms with E-state index in [4.69, 9.17) is 44.3 Å². The first-order chi connectivity index (χ1) is 17.1. The normalized spacial score (nSPS) is 11.0. The molecule has 0 unspecified atom stereocenters. The van der Waals surface area contributed by atoms with Crippen LogP contribution in [-0.2, 0) is 23.0 Å². The summed E-state index contributed by atoms with van der Waals surface area (Å²) in [5.74, 6) is 0.641. The number of nitrogens with zero attached hydrogens (tertiary/aromatic N) is 3. The third-order valence-electron chi connectivity index (χ3n) is 4.77. The summed E-state index contributed by atoms with van der Waals surface area (Å²) >= 11 is 19.4. The molecule has 0 atom stereocenters. The maximum atomic E-state index is 12.5. The van der Waals surface area contributed by atoms with E-state index in [9.17, 15) is 9.59 Å². The maximum absolute atomic E-state index is 12.5. The van der Waals surface area contributed by atoms with Crippen LogP contribution in [0.1, 0.15) is 36.5 Å². The van der Waals surface area contributed by atoms with E-state index in [1.807, 2.05) is 11.6 Å². The summed E-state index contributed by atoms with van der Waals surface area (Å²) in [6.45, 7) is 3.97. The van der Waals surface area contributed by atoms with Crippen molar-refractivity contribution < 1.29 is 19.1 Å². The van der Waals surface area contributed by atoms with Gasteiger partial charge in [0.05, 0.1) is 39.8 Å². The van der Waals surface area contributed by atoms with Crippen LogP contribution in [-0.4, -0.2) is 45.1 Å². The van der Waals surface area contributed by atoms with Crippen LogP contribution >= 0.6 is 46.6 Å². The zero-order valence-electron chi connectivity index (χ0n) is 19.9. The molecule has 12 heteroatoms. The number of benzene rings is 2. The van der Waals surface area contributed by atoms with Crippen LogP contribution in [0.4, 0.5) is 5.69 Å². The van der Waals surface area contributed by atoms with Crippen molar-refractivity contribution in [2.45, 2.75) is 37.9 Å². The van der Waals surface area contributed by atoms with E-state index in [0.29, 0.717) is 56.7 Å². The van der Waals surface area contributed by atoms with Crippen LogP contribution < -0.4 is 10.1 Å². The first-order valence-electron chi connectivity index (χ1n) is 11.0. The zero-order valence-corrected chi connectivity index (χ0v) is 23.0. The number of amides is 1. The third kappa shape index (κ3) is 8.03. The van der Waals surface area contributed by atoms with Crippen LogP contribution in [0.3, 0.4) is 0 Å². The highest BCUT2D eigenvalue weighted by atomic mass is 35.5. The Bertz CT molecular complexity index is 1240. The Morgan fingerprint density at radius 3 is 2.58 bits per heavy atom. The van der Waals surface area contributed by atoms with Crippen molar-refractivity contribution in [3.63, 3.8) is 0 Å². The smallest absolute Gasteiger partial charge is 0.338 e. The summed E-state index contributed by atoms with van der Waals surface area (Å²) in [6.07, 6.45) is 1.08. The van der Waals surface area contributed by atoms with Gasteiger partial charge in [-0.15, -0.1) is 10.2 Å². The summed E-state index contributed by atoms with van der Waals surface area (Å²) in [6, 6.07) is 9.67. The van der Waals surface area contributed by atoms with Gasteiger partial charge in [0.15, 0.2) is 5.16 Å². The Kier molecular flexibility index (Phi) is 10.3. The Balaban J connectivity index is 1.49. The van der Waals surface area contributed by atoms with Crippen LogP contribution in [0.25, 0.3) is 0 Å². The van der Waals surface area contributed by atoms with Gasteiger partial charge in [0.25, 0.3) is 0 Å². The summed E-state index contributed by atoms with van der Waals surface area (Å²) in [4.78, 5) is 24.6. The minimum absolute atomic E-state index is 0.0845. The summed E-state index contributed by atoms with van der Waals surface area (Å²) in [5, 5.41) is 13.0. The monoisotopic (exact) mass is 570 g/mol. The van der Waals surface area contributed by atoms with Gasteiger partial charge in [0.1, 0.15) is 11.6 Å². The van der Waals surface area contributed by atoms with Crippen LogP contribution in [0.2, 0.25) is 15.1 Å². The first-order valence-corrected chi connectivity index (χ1v) is 13.1. The van der Waals surface area contributed by atoms with Gasteiger partial charge in [0, 0.05) is 18.5 Å². The Morgan fingerprint density at radius 1 is 1.08 bits per heavy atom. The number of nitrogens with one attached hydrogen (secondary N) is 1. The molecule has 0 bridgehead atoms. The number of hydrogen-bond acceptors (Lipinski definition) is 7. The van der Waals surface area contributed by atoms with Crippen molar-refractivity contribution in [3.8, 4) is 5.75 Å². The molecular weight excluding hydrogens is 547 g/mol. The number of ether oxygens (including phenoxy) is 2. The minimum Gasteiger partial charge on any atom is -0.492 e. The second kappa shape index (κ2) is 13.2. The van der Waals surface area contributed by atoms with Gasteiger partial charge in [-0.25, -0.2) is 4.79 Å². The predicted molar refractivity (Wildman–Crippen MR) is 143 cm³/mol. The number of carbonyl (C=O) groups is 2. The molecule has 0 aliphatic rings. The van der Waals surface area contributed by atoms with Crippen molar-refractivity contribution in [2.75, 3.05) is 17.7 Å². The van der Waals surface area contributed by atoms with Gasteiger partial charge >= 0.3 is 5.97 Å². The van der Waals surface area contributed by atoms with E-state index in [1.165, 1.54) is 17.8 Å². The molecule has 1 heterocycles. The molecule has 2 aromatic carbocycles. The number of halogens is 3. The molecule has 0 radical (unpaired) electrons. The molecule has 3 aromatic rings. The van der Waals surface area contributed by atoms with Gasteiger partial charge in [-0.3, -0.25) is 4.79 Å². The lowest BCUT2D eigenvalue weighted by Gasteiger charge is -2.11. The average Bonchev–Trinajstić information content (AvgIpc) is 3.16. The molecule has 0 aliphatic heterocycles. The van der Waals surface area contributed by atoms with Gasteiger partial charge < -0.3 is 19.4 Å². The minimum atomic E-state index is -0.486. The number of aromatic nitrogens is 3. The molecule has 0 aliphatic carbocycles. The fraction of sp³-hybridized carbons (Fsp3) is 0.333. The second-order valence-corrected chi connectivity index (χ2v) is 10.2. The fourth-order valence-corrected chi connectivity index (χ4v) is 4.40. The number of rotatable bonds is 11. The van der Waals surface area contributed by atoms with Crippen molar-refractivity contribution >= 4 is 64.1 Å². The van der Waals surface area contributed by atoms with E-state index in [-0.39, 0.29) is 17.8 Å². The van der Waals surface area contributed by atoms with Gasteiger partial charge in [-0.2, -0.15) is 0 Å². The lowest BCUT2D eigenvalue weighted by Crippen LogP contribution is -2.16. The van der Waals surface area contributed by atoms with Gasteiger partial charge in [0.2, 0.25) is 5.91 Å². The molecule has 0 fully saturated rings. The largest absolute Gasteiger partial charge is 0.492 e. The highest BCUT2D eigenvalue weighted by molar-refractivity contribution is 7.99. The molecular formula is C24H25Cl3N4O4S. The van der Waals surface area contributed by atoms with Crippen LogP contribution in [0.15, 0.2) is 41.6 Å². The number of thioether (sulfide) groups is 1.